The van der Waals surface area contributed by atoms with E-state index < -0.39 is 17.7 Å². The number of rotatable bonds is 9. The first-order chi connectivity index (χ1) is 24.6. The zero-order valence-electron chi connectivity index (χ0n) is 29.4. The first-order valence-electron chi connectivity index (χ1n) is 18.3. The van der Waals surface area contributed by atoms with Crippen molar-refractivity contribution in [3.05, 3.63) is 48.0 Å². The molecule has 15 nitrogen and oxygen atoms in total. The zero-order chi connectivity index (χ0) is 36.4. The number of nitrogens with zero attached hydrogens (tertiary/aromatic N) is 5. The number of nitrogens with two attached hydrogens (primary N) is 1. The van der Waals surface area contributed by atoms with Crippen molar-refractivity contribution in [2.45, 2.75) is 82.6 Å². The van der Waals surface area contributed by atoms with E-state index in [1.165, 1.54) is 17.7 Å². The van der Waals surface area contributed by atoms with Gasteiger partial charge in [-0.05, 0) is 74.5 Å². The number of benzene rings is 1. The van der Waals surface area contributed by atoms with Crippen molar-refractivity contribution in [3.8, 4) is 0 Å². The van der Waals surface area contributed by atoms with Gasteiger partial charge in [0.25, 0.3) is 0 Å². The molecule has 1 spiro atoms. The molecule has 2 saturated heterocycles. The van der Waals surface area contributed by atoms with E-state index in [2.05, 4.69) is 15.3 Å². The number of carbonyl (C=O) groups is 4. The molecule has 2 aliphatic heterocycles. The summed E-state index contributed by atoms with van der Waals surface area (Å²) >= 11 is 0. The highest BCUT2D eigenvalue weighted by molar-refractivity contribution is 5.89. The number of H-pyrrole nitrogens is 1. The van der Waals surface area contributed by atoms with Gasteiger partial charge in [-0.2, -0.15) is 0 Å². The molecule has 2 bridgehead atoms. The van der Waals surface area contributed by atoms with E-state index in [1.54, 1.807) is 28.3 Å². The van der Waals surface area contributed by atoms with Crippen LogP contribution < -0.4 is 11.1 Å². The van der Waals surface area contributed by atoms with Gasteiger partial charge in [-0.3, -0.25) is 19.9 Å². The van der Waals surface area contributed by atoms with E-state index in [0.29, 0.717) is 76.2 Å². The standard InChI is InChI=1S/C22H31N5O3.C14H22N4O3/c23-20(24)25-18-9-7-15(8-10-18)13-19(28)26-11-12-27(21(29)30)22(14-26)16-3-1-4-17(22)6-2-5-16;19-13(17-6-8-18(9-7-17)14(20)21)5-3-1-2-4-12-10-15-11-16-12/h7-10,16-17H,1-6,11-14H2,(H,29,30)(H4,23,24,25);10-11H,1-9H2,(H,15,16)(H,20,21)/t16-,17?,22?;. The zero-order valence-corrected chi connectivity index (χ0v) is 29.4. The third-order valence-corrected chi connectivity index (χ3v) is 11.1. The van der Waals surface area contributed by atoms with Crippen LogP contribution in [0.4, 0.5) is 15.3 Å². The second-order valence-electron chi connectivity index (χ2n) is 14.2. The number of piperazine rings is 2. The predicted octanol–water partition coefficient (Wildman–Crippen LogP) is 4.03. The number of hydrogen-bond acceptors (Lipinski definition) is 6. The van der Waals surface area contributed by atoms with Crippen LogP contribution in [0.1, 0.15) is 75.5 Å². The molecular formula is C36H53N9O6. The van der Waals surface area contributed by atoms with E-state index >= 15 is 0 Å². The molecule has 3 heterocycles. The normalized spacial score (nSPS) is 22.9. The molecule has 1 aromatic carbocycles. The molecule has 4 aliphatic rings. The molecule has 4 amide bonds. The van der Waals surface area contributed by atoms with Crippen LogP contribution >= 0.6 is 0 Å². The van der Waals surface area contributed by atoms with Crippen molar-refractivity contribution in [1.82, 2.24) is 29.6 Å². The maximum absolute atomic E-state index is 13.1. The molecule has 0 radical (unpaired) electrons. The van der Waals surface area contributed by atoms with Crippen LogP contribution in [0.2, 0.25) is 0 Å². The van der Waals surface area contributed by atoms with Crippen molar-refractivity contribution < 1.29 is 29.4 Å². The van der Waals surface area contributed by atoms with E-state index in [9.17, 15) is 24.3 Å². The Morgan fingerprint density at radius 1 is 0.843 bits per heavy atom. The maximum Gasteiger partial charge on any atom is 0.407 e. The first-order valence-corrected chi connectivity index (χ1v) is 18.3. The van der Waals surface area contributed by atoms with Crippen molar-refractivity contribution in [2.24, 2.45) is 17.6 Å². The Hall–Kier alpha value is -4.82. The summed E-state index contributed by atoms with van der Waals surface area (Å²) in [5.74, 6) is 0.774. The summed E-state index contributed by atoms with van der Waals surface area (Å²) in [5, 5.41) is 28.8. The van der Waals surface area contributed by atoms with Gasteiger partial charge in [0.05, 0.1) is 24.0 Å². The molecule has 51 heavy (non-hydrogen) atoms. The van der Waals surface area contributed by atoms with Gasteiger partial charge in [0, 0.05) is 64.1 Å². The Bertz CT molecular complexity index is 1470. The van der Waals surface area contributed by atoms with Crippen LogP contribution in [0.5, 0.6) is 0 Å². The van der Waals surface area contributed by atoms with Crippen LogP contribution in [0, 0.1) is 17.2 Å². The lowest BCUT2D eigenvalue weighted by atomic mass is 9.58. The number of imidazole rings is 1. The molecule has 15 heteroatoms. The number of aromatic amines is 1. The van der Waals surface area contributed by atoms with Crippen molar-refractivity contribution in [1.29, 1.82) is 5.41 Å². The van der Waals surface area contributed by atoms with Crippen LogP contribution in [0.15, 0.2) is 36.8 Å². The van der Waals surface area contributed by atoms with Crippen LogP contribution in [0.25, 0.3) is 0 Å². The van der Waals surface area contributed by atoms with Crippen LogP contribution in [-0.2, 0) is 22.4 Å². The maximum atomic E-state index is 13.1. The Kier molecular flexibility index (Phi) is 12.8. The molecule has 278 valence electrons. The number of carboxylic acid groups (broad SMARTS) is 2. The summed E-state index contributed by atoms with van der Waals surface area (Å²) < 4.78 is 0. The van der Waals surface area contributed by atoms with E-state index in [0.717, 1.165) is 62.6 Å². The van der Waals surface area contributed by atoms with Crippen LogP contribution in [-0.4, -0.2) is 121 Å². The molecule has 2 aromatic rings. The minimum Gasteiger partial charge on any atom is -0.465 e. The summed E-state index contributed by atoms with van der Waals surface area (Å²) in [5.41, 5.74) is 7.60. The average molecular weight is 708 g/mol. The largest absolute Gasteiger partial charge is 0.465 e. The Morgan fingerprint density at radius 2 is 1.47 bits per heavy atom. The Balaban J connectivity index is 0.000000211. The summed E-state index contributed by atoms with van der Waals surface area (Å²) in [6.07, 6.45) is 13.1. The smallest absolute Gasteiger partial charge is 0.407 e. The summed E-state index contributed by atoms with van der Waals surface area (Å²) in [4.78, 5) is 61.9. The van der Waals surface area contributed by atoms with Crippen LogP contribution in [0.3, 0.4) is 0 Å². The lowest BCUT2D eigenvalue weighted by Crippen LogP contribution is -2.72. The fourth-order valence-electron chi connectivity index (χ4n) is 8.57. The summed E-state index contributed by atoms with van der Waals surface area (Å²) in [7, 11) is 0. The Morgan fingerprint density at radius 3 is 2.04 bits per heavy atom. The number of nitrogens with one attached hydrogen (secondary N) is 3. The third kappa shape index (κ3) is 9.50. The fourth-order valence-corrected chi connectivity index (χ4v) is 8.57. The molecule has 0 atom stereocenters. The highest BCUT2D eigenvalue weighted by atomic mass is 16.4. The van der Waals surface area contributed by atoms with Gasteiger partial charge in [0.1, 0.15) is 0 Å². The monoisotopic (exact) mass is 707 g/mol. The number of aryl methyl sites for hydroxylation is 1. The Labute approximate surface area is 299 Å². The third-order valence-electron chi connectivity index (χ3n) is 11.1. The van der Waals surface area contributed by atoms with Gasteiger partial charge >= 0.3 is 12.2 Å². The number of unbranched alkanes of at least 4 members (excludes halogenated alkanes) is 2. The second kappa shape index (κ2) is 17.4. The van der Waals surface area contributed by atoms with E-state index in [1.807, 2.05) is 23.2 Å². The molecule has 4 fully saturated rings. The number of amides is 4. The lowest BCUT2D eigenvalue weighted by molar-refractivity contribution is -0.146. The highest BCUT2D eigenvalue weighted by Crippen LogP contribution is 2.52. The van der Waals surface area contributed by atoms with Gasteiger partial charge in [0.2, 0.25) is 11.8 Å². The summed E-state index contributed by atoms with van der Waals surface area (Å²) in [6.45, 7) is 3.24. The quantitative estimate of drug-likeness (QED) is 0.126. The van der Waals surface area contributed by atoms with Gasteiger partial charge in [0.15, 0.2) is 5.96 Å². The van der Waals surface area contributed by atoms with Gasteiger partial charge in [-0.1, -0.05) is 31.4 Å². The fraction of sp³-hybridized carbons (Fsp3) is 0.611. The number of anilines is 1. The predicted molar refractivity (Wildman–Crippen MR) is 191 cm³/mol. The molecular weight excluding hydrogens is 654 g/mol. The van der Waals surface area contributed by atoms with Crippen molar-refractivity contribution >= 4 is 35.6 Å². The molecule has 6 rings (SSSR count). The number of aromatic nitrogens is 2. The van der Waals surface area contributed by atoms with Crippen molar-refractivity contribution in [3.63, 3.8) is 0 Å². The lowest BCUT2D eigenvalue weighted by Gasteiger charge is -2.61. The van der Waals surface area contributed by atoms with E-state index in [-0.39, 0.29) is 17.8 Å². The number of carbonyl (C=O) groups excluding carboxylic acids is 2. The highest BCUT2D eigenvalue weighted by Gasteiger charge is 2.57. The first kappa shape index (κ1) is 37.4. The molecule has 0 unspecified atom stereocenters. The minimum absolute atomic E-state index is 0.0512. The second-order valence-corrected chi connectivity index (χ2v) is 14.2. The number of hydrogen-bond donors (Lipinski definition) is 6. The van der Waals surface area contributed by atoms with Crippen molar-refractivity contribution in [2.75, 3.05) is 51.1 Å². The molecule has 2 saturated carbocycles. The van der Waals surface area contributed by atoms with E-state index in [4.69, 9.17) is 16.2 Å². The number of guanidine groups is 1. The average Bonchev–Trinajstić information content (AvgIpc) is 3.62. The van der Waals surface area contributed by atoms with Gasteiger partial charge < -0.3 is 40.9 Å². The molecule has 2 aliphatic carbocycles. The molecule has 7 N–H and O–H groups in total. The van der Waals surface area contributed by atoms with Gasteiger partial charge in [-0.15, -0.1) is 0 Å². The molecule has 1 aromatic heterocycles. The van der Waals surface area contributed by atoms with Gasteiger partial charge in [-0.25, -0.2) is 14.6 Å². The minimum atomic E-state index is -0.902. The SMILES string of the molecule is N=C(N)Nc1ccc(CC(=O)N2CCN(C(=O)O)[C@]3(C2)C2CCC[C@H]3CCC2)cc1.O=C(O)N1CCN(C(=O)CCCCCc2c[nH]cn2)CC1. The summed E-state index contributed by atoms with van der Waals surface area (Å²) in [6, 6.07) is 7.34. The topological polar surface area (TPSA) is 212 Å².